The Hall–Kier alpha value is -2.25. The van der Waals surface area contributed by atoms with E-state index >= 15 is 0 Å². The summed E-state index contributed by atoms with van der Waals surface area (Å²) in [6.45, 7) is -0.264. The molecule has 0 aliphatic heterocycles. The van der Waals surface area contributed by atoms with Crippen LogP contribution in [0.1, 0.15) is 5.56 Å². The summed E-state index contributed by atoms with van der Waals surface area (Å²) in [7, 11) is 0. The molecule has 0 atom stereocenters. The van der Waals surface area contributed by atoms with Crippen molar-refractivity contribution in [3.05, 3.63) is 51.5 Å². The van der Waals surface area contributed by atoms with E-state index < -0.39 is 5.91 Å². The fraction of sp³-hybridized carbons (Fsp3) is 0.0667. The van der Waals surface area contributed by atoms with Gasteiger partial charge in [0.2, 0.25) is 0 Å². The summed E-state index contributed by atoms with van der Waals surface area (Å²) < 4.78 is 6.08. The topological polar surface area (TPSA) is 91.2 Å². The highest BCUT2D eigenvalue weighted by Gasteiger charge is 2.06. The van der Waals surface area contributed by atoms with E-state index in [4.69, 9.17) is 21.4 Å². The molecule has 0 spiro atoms. The summed E-state index contributed by atoms with van der Waals surface area (Å²) >= 11 is 9.23. The Bertz CT molecular complexity index is 752. The lowest BCUT2D eigenvalue weighted by Crippen LogP contribution is -2.24. The number of nitrogens with zero attached hydrogens (tertiary/aromatic N) is 1. The molecule has 8 heteroatoms. The Morgan fingerprint density at radius 2 is 2.09 bits per heavy atom. The van der Waals surface area contributed by atoms with Gasteiger partial charge >= 0.3 is 0 Å². The van der Waals surface area contributed by atoms with Crippen LogP contribution in [0.25, 0.3) is 0 Å². The third kappa shape index (κ3) is 5.15. The molecule has 3 N–H and O–H groups in total. The number of benzene rings is 2. The van der Waals surface area contributed by atoms with Gasteiger partial charge in [0.1, 0.15) is 17.2 Å². The molecule has 0 saturated heterocycles. The highest BCUT2D eigenvalue weighted by atomic mass is 79.9. The molecule has 0 heterocycles. The van der Waals surface area contributed by atoms with Gasteiger partial charge in [-0.2, -0.15) is 5.10 Å². The van der Waals surface area contributed by atoms with Gasteiger partial charge in [-0.3, -0.25) is 4.79 Å². The van der Waals surface area contributed by atoms with Crippen LogP contribution in [0.15, 0.2) is 46.0 Å². The van der Waals surface area contributed by atoms with Crippen LogP contribution in [0.4, 0.5) is 0 Å². The minimum absolute atomic E-state index is 0.0662. The molecule has 0 saturated carbocycles. The Kier molecular flexibility index (Phi) is 5.84. The zero-order chi connectivity index (χ0) is 16.8. The molecule has 0 unspecified atom stereocenters. The summed E-state index contributed by atoms with van der Waals surface area (Å²) in [5.74, 6) is -0.326. The number of ether oxygens (including phenoxy) is 1. The molecule has 0 aromatic heterocycles. The molecular weight excluding hydrogens is 388 g/mol. The van der Waals surface area contributed by atoms with Crippen molar-refractivity contribution in [3.8, 4) is 17.2 Å². The van der Waals surface area contributed by atoms with Gasteiger partial charge in [0.25, 0.3) is 5.91 Å². The molecule has 0 bridgehead atoms. The summed E-state index contributed by atoms with van der Waals surface area (Å²) in [5, 5.41) is 22.8. The van der Waals surface area contributed by atoms with Crippen LogP contribution in [0.2, 0.25) is 5.02 Å². The van der Waals surface area contributed by atoms with Crippen molar-refractivity contribution in [2.75, 3.05) is 6.61 Å². The van der Waals surface area contributed by atoms with Crippen molar-refractivity contribution in [2.24, 2.45) is 5.10 Å². The second-order valence-electron chi connectivity index (χ2n) is 4.40. The maximum Gasteiger partial charge on any atom is 0.277 e. The lowest BCUT2D eigenvalue weighted by molar-refractivity contribution is -0.123. The molecule has 0 radical (unpaired) electrons. The van der Waals surface area contributed by atoms with E-state index in [2.05, 4.69) is 26.5 Å². The van der Waals surface area contributed by atoms with Crippen molar-refractivity contribution >= 4 is 39.7 Å². The predicted octanol–water partition coefficient (Wildman–Crippen LogP) is 3.04. The van der Waals surface area contributed by atoms with Crippen molar-refractivity contribution in [1.29, 1.82) is 0 Å². The fourth-order valence-corrected chi connectivity index (χ4v) is 2.31. The van der Waals surface area contributed by atoms with Gasteiger partial charge in [0, 0.05) is 16.1 Å². The number of rotatable bonds is 5. The number of aromatic hydroxyl groups is 2. The zero-order valence-corrected chi connectivity index (χ0v) is 14.0. The Balaban J connectivity index is 1.86. The number of carbonyl (C=O) groups is 1. The fourth-order valence-electron chi connectivity index (χ4n) is 1.58. The number of phenols is 2. The number of carbonyl (C=O) groups excluding carboxylic acids is 1. The number of hydrazone groups is 1. The van der Waals surface area contributed by atoms with Gasteiger partial charge in [0.05, 0.1) is 11.2 Å². The Morgan fingerprint density at radius 1 is 1.30 bits per heavy atom. The van der Waals surface area contributed by atoms with Crippen LogP contribution in [0, 0.1) is 0 Å². The van der Waals surface area contributed by atoms with Crippen LogP contribution >= 0.6 is 27.5 Å². The van der Waals surface area contributed by atoms with Gasteiger partial charge < -0.3 is 14.9 Å². The molecule has 2 aromatic carbocycles. The second-order valence-corrected chi connectivity index (χ2v) is 5.72. The Morgan fingerprint density at radius 3 is 2.78 bits per heavy atom. The first-order chi connectivity index (χ1) is 11.0. The van der Waals surface area contributed by atoms with E-state index in [1.807, 2.05) is 0 Å². The molecule has 0 aliphatic rings. The summed E-state index contributed by atoms with van der Waals surface area (Å²) in [4.78, 5) is 11.6. The van der Waals surface area contributed by atoms with Crippen molar-refractivity contribution in [3.63, 3.8) is 0 Å². The van der Waals surface area contributed by atoms with E-state index in [0.29, 0.717) is 16.3 Å². The smallest absolute Gasteiger partial charge is 0.277 e. The first-order valence-electron chi connectivity index (χ1n) is 6.37. The van der Waals surface area contributed by atoms with Gasteiger partial charge in [-0.1, -0.05) is 27.5 Å². The molecule has 120 valence electrons. The van der Waals surface area contributed by atoms with Crippen LogP contribution in [-0.2, 0) is 4.79 Å². The first-order valence-corrected chi connectivity index (χ1v) is 7.54. The molecule has 1 amide bonds. The third-order valence-electron chi connectivity index (χ3n) is 2.66. The largest absolute Gasteiger partial charge is 0.508 e. The summed E-state index contributed by atoms with van der Waals surface area (Å²) in [6, 6.07) is 9.05. The lowest BCUT2D eigenvalue weighted by atomic mass is 10.2. The molecular formula is C15H12BrClN2O4. The monoisotopic (exact) mass is 398 g/mol. The number of hydrogen-bond acceptors (Lipinski definition) is 5. The van der Waals surface area contributed by atoms with Gasteiger partial charge in [-0.15, -0.1) is 0 Å². The maximum atomic E-state index is 11.6. The first kappa shape index (κ1) is 17.1. The van der Waals surface area contributed by atoms with E-state index in [0.717, 1.165) is 4.47 Å². The third-order valence-corrected chi connectivity index (χ3v) is 3.45. The minimum Gasteiger partial charge on any atom is -0.508 e. The predicted molar refractivity (Wildman–Crippen MR) is 90.2 cm³/mol. The highest BCUT2D eigenvalue weighted by Crippen LogP contribution is 2.27. The minimum atomic E-state index is -0.487. The standard InChI is InChI=1S/C15H12BrClN2O4/c16-10-2-4-14(12(17)5-10)23-8-15(22)19-18-7-9-1-3-11(20)6-13(9)21/h1-7,20-21H,8H2,(H,19,22)/b18-7+. The van der Waals surface area contributed by atoms with Gasteiger partial charge in [-0.05, 0) is 30.3 Å². The number of halogens is 2. The molecule has 0 fully saturated rings. The normalized spacial score (nSPS) is 10.7. The van der Waals surface area contributed by atoms with Crippen molar-refractivity contribution in [1.82, 2.24) is 5.43 Å². The molecule has 2 rings (SSSR count). The SMILES string of the molecule is O=C(COc1ccc(Br)cc1Cl)N/N=C/c1ccc(O)cc1O. The van der Waals surface area contributed by atoms with Crippen LogP contribution < -0.4 is 10.2 Å². The van der Waals surface area contributed by atoms with Crippen molar-refractivity contribution in [2.45, 2.75) is 0 Å². The summed E-state index contributed by atoms with van der Waals surface area (Å²) in [5.41, 5.74) is 2.60. The van der Waals surface area contributed by atoms with Crippen LogP contribution in [0.5, 0.6) is 17.2 Å². The average Bonchev–Trinajstić information content (AvgIpc) is 2.48. The van der Waals surface area contributed by atoms with E-state index in [9.17, 15) is 9.90 Å². The van der Waals surface area contributed by atoms with E-state index in [1.54, 1.807) is 18.2 Å². The summed E-state index contributed by atoms with van der Waals surface area (Å²) in [6.07, 6.45) is 1.25. The van der Waals surface area contributed by atoms with E-state index in [-0.39, 0.29) is 18.1 Å². The molecule has 2 aromatic rings. The molecule has 0 aliphatic carbocycles. The number of hydrogen-bond donors (Lipinski definition) is 3. The van der Waals surface area contributed by atoms with Crippen LogP contribution in [0.3, 0.4) is 0 Å². The van der Waals surface area contributed by atoms with Gasteiger partial charge in [-0.25, -0.2) is 5.43 Å². The molecule has 6 nitrogen and oxygen atoms in total. The number of nitrogens with one attached hydrogen (secondary N) is 1. The molecule has 23 heavy (non-hydrogen) atoms. The van der Waals surface area contributed by atoms with Crippen LogP contribution in [-0.4, -0.2) is 28.9 Å². The average molecular weight is 400 g/mol. The second kappa shape index (κ2) is 7.85. The number of amides is 1. The zero-order valence-electron chi connectivity index (χ0n) is 11.7. The number of phenolic OH excluding ortho intramolecular Hbond substituents is 2. The quantitative estimate of drug-likeness (QED) is 0.532. The lowest BCUT2D eigenvalue weighted by Gasteiger charge is -2.07. The highest BCUT2D eigenvalue weighted by molar-refractivity contribution is 9.10. The van der Waals surface area contributed by atoms with Gasteiger partial charge in [0.15, 0.2) is 6.61 Å². The van der Waals surface area contributed by atoms with Crippen molar-refractivity contribution < 1.29 is 19.7 Å². The Labute approximate surface area is 145 Å². The maximum absolute atomic E-state index is 11.6. The van der Waals surface area contributed by atoms with E-state index in [1.165, 1.54) is 24.4 Å².